The number of pyridine rings is 1. The number of rotatable bonds is 5. The van der Waals surface area contributed by atoms with E-state index in [-0.39, 0.29) is 0 Å². The summed E-state index contributed by atoms with van der Waals surface area (Å²) in [6.45, 7) is 3.97. The first kappa shape index (κ1) is 11.3. The number of furan rings is 1. The first-order chi connectivity index (χ1) is 7.86. The number of hydrogen-bond donors (Lipinski definition) is 0. The number of nitrogens with zero attached hydrogens (tertiary/aromatic N) is 2. The number of alkyl halides is 1. The second kappa shape index (κ2) is 5.21. The fourth-order valence-electron chi connectivity index (χ4n) is 1.80. The number of fused-ring (bicyclic) bond motifs is 1. The lowest BCUT2D eigenvalue weighted by Crippen LogP contribution is -2.25. The van der Waals surface area contributed by atoms with Gasteiger partial charge in [-0.05, 0) is 25.5 Å². The molecule has 0 saturated carbocycles. The fraction of sp³-hybridized carbons (Fsp3) is 0.417. The zero-order valence-corrected chi connectivity index (χ0v) is 10.1. The highest BCUT2D eigenvalue weighted by Crippen LogP contribution is 2.25. The molecule has 0 aliphatic heterocycles. The number of aromatic nitrogens is 1. The molecule has 2 aromatic rings. The van der Waals surface area contributed by atoms with Crippen molar-refractivity contribution in [3.05, 3.63) is 24.6 Å². The summed E-state index contributed by atoms with van der Waals surface area (Å²) in [5.74, 6) is 1.66. The van der Waals surface area contributed by atoms with Crippen molar-refractivity contribution in [2.75, 3.05) is 23.9 Å². The summed E-state index contributed by atoms with van der Waals surface area (Å²) in [6, 6.07) is 3.84. The van der Waals surface area contributed by atoms with E-state index in [9.17, 15) is 0 Å². The van der Waals surface area contributed by atoms with Crippen LogP contribution in [0, 0.1) is 0 Å². The van der Waals surface area contributed by atoms with Gasteiger partial charge in [0.1, 0.15) is 11.4 Å². The highest BCUT2D eigenvalue weighted by Gasteiger charge is 2.10. The smallest absolute Gasteiger partial charge is 0.139 e. The summed E-state index contributed by atoms with van der Waals surface area (Å²) < 4.78 is 5.36. The third-order valence-electron chi connectivity index (χ3n) is 2.60. The Hall–Kier alpha value is -1.22. The van der Waals surface area contributed by atoms with E-state index in [0.717, 1.165) is 36.3 Å². The first-order valence-corrected chi connectivity index (χ1v) is 6.03. The molecule has 16 heavy (non-hydrogen) atoms. The minimum Gasteiger partial charge on any atom is -0.464 e. The van der Waals surface area contributed by atoms with Gasteiger partial charge in [-0.15, -0.1) is 11.6 Å². The van der Waals surface area contributed by atoms with E-state index >= 15 is 0 Å². The van der Waals surface area contributed by atoms with E-state index < -0.39 is 0 Å². The Morgan fingerprint density at radius 1 is 1.44 bits per heavy atom. The van der Waals surface area contributed by atoms with Gasteiger partial charge in [0.05, 0.1) is 11.6 Å². The van der Waals surface area contributed by atoms with Crippen LogP contribution >= 0.6 is 11.6 Å². The molecule has 0 bridgehead atoms. The Kier molecular flexibility index (Phi) is 3.67. The summed E-state index contributed by atoms with van der Waals surface area (Å²) >= 11 is 5.72. The third-order valence-corrected chi connectivity index (χ3v) is 2.87. The summed E-state index contributed by atoms with van der Waals surface area (Å²) in [5, 5.41) is 1.07. The summed E-state index contributed by atoms with van der Waals surface area (Å²) in [7, 11) is 0. The van der Waals surface area contributed by atoms with E-state index in [1.54, 1.807) is 12.5 Å². The van der Waals surface area contributed by atoms with Crippen LogP contribution in [0.4, 0.5) is 5.82 Å². The molecular formula is C12H15ClN2O. The van der Waals surface area contributed by atoms with Crippen molar-refractivity contribution in [3.8, 4) is 0 Å². The molecule has 0 saturated heterocycles. The minimum absolute atomic E-state index is 0.678. The molecule has 2 rings (SSSR count). The van der Waals surface area contributed by atoms with Gasteiger partial charge in [0.25, 0.3) is 0 Å². The normalized spacial score (nSPS) is 10.9. The summed E-state index contributed by atoms with van der Waals surface area (Å²) in [4.78, 5) is 6.65. The lowest BCUT2D eigenvalue weighted by atomic mass is 10.3. The van der Waals surface area contributed by atoms with Gasteiger partial charge in [-0.1, -0.05) is 0 Å². The Labute approximate surface area is 100 Å². The molecule has 0 radical (unpaired) electrons. The summed E-state index contributed by atoms with van der Waals surface area (Å²) in [6.07, 6.45) is 4.45. The lowest BCUT2D eigenvalue weighted by molar-refractivity contribution is 0.615. The van der Waals surface area contributed by atoms with Gasteiger partial charge in [0.15, 0.2) is 0 Å². The molecular weight excluding hydrogens is 224 g/mol. The quantitative estimate of drug-likeness (QED) is 0.749. The Balaban J connectivity index is 2.32. The predicted molar refractivity (Wildman–Crippen MR) is 67.2 cm³/mol. The minimum atomic E-state index is 0.678. The van der Waals surface area contributed by atoms with Gasteiger partial charge < -0.3 is 9.32 Å². The van der Waals surface area contributed by atoms with Crippen LogP contribution < -0.4 is 4.90 Å². The molecule has 4 heteroatoms. The topological polar surface area (TPSA) is 29.3 Å². The van der Waals surface area contributed by atoms with Gasteiger partial charge in [0.2, 0.25) is 0 Å². The van der Waals surface area contributed by atoms with Gasteiger partial charge in [-0.25, -0.2) is 4.98 Å². The molecule has 0 fully saturated rings. The highest BCUT2D eigenvalue weighted by molar-refractivity contribution is 6.17. The van der Waals surface area contributed by atoms with Gasteiger partial charge in [-0.3, -0.25) is 0 Å². The van der Waals surface area contributed by atoms with E-state index in [1.807, 2.05) is 12.1 Å². The van der Waals surface area contributed by atoms with Crippen molar-refractivity contribution in [1.82, 2.24) is 4.98 Å². The molecule has 0 aliphatic rings. The van der Waals surface area contributed by atoms with Crippen LogP contribution in [0.25, 0.3) is 11.0 Å². The largest absolute Gasteiger partial charge is 0.464 e. The van der Waals surface area contributed by atoms with E-state index in [1.165, 1.54) is 0 Å². The molecule has 0 unspecified atom stereocenters. The second-order valence-electron chi connectivity index (χ2n) is 3.59. The van der Waals surface area contributed by atoms with Crippen molar-refractivity contribution in [2.45, 2.75) is 13.3 Å². The molecule has 0 N–H and O–H groups in total. The molecule has 3 nitrogen and oxygen atoms in total. The van der Waals surface area contributed by atoms with E-state index in [4.69, 9.17) is 16.0 Å². The average molecular weight is 239 g/mol. The van der Waals surface area contributed by atoms with Crippen LogP contribution in [0.5, 0.6) is 0 Å². The molecule has 0 aliphatic carbocycles. The Morgan fingerprint density at radius 3 is 3.06 bits per heavy atom. The molecule has 2 aromatic heterocycles. The molecule has 2 heterocycles. The van der Waals surface area contributed by atoms with Crippen molar-refractivity contribution in [2.24, 2.45) is 0 Å². The van der Waals surface area contributed by atoms with Crippen molar-refractivity contribution in [3.63, 3.8) is 0 Å². The molecule has 0 atom stereocenters. The third kappa shape index (κ3) is 2.14. The number of hydrogen-bond acceptors (Lipinski definition) is 3. The van der Waals surface area contributed by atoms with E-state index in [2.05, 4.69) is 16.8 Å². The van der Waals surface area contributed by atoms with Crippen LogP contribution in [0.1, 0.15) is 13.3 Å². The highest BCUT2D eigenvalue weighted by atomic mass is 35.5. The zero-order valence-electron chi connectivity index (χ0n) is 9.32. The van der Waals surface area contributed by atoms with Crippen LogP contribution in [-0.2, 0) is 0 Å². The molecule has 0 spiro atoms. The van der Waals surface area contributed by atoms with Crippen LogP contribution in [0.3, 0.4) is 0 Å². The molecule has 0 aromatic carbocycles. The molecule has 86 valence electrons. The van der Waals surface area contributed by atoms with Gasteiger partial charge >= 0.3 is 0 Å². The average Bonchev–Trinajstić information content (AvgIpc) is 2.78. The predicted octanol–water partition coefficient (Wildman–Crippen LogP) is 3.28. The van der Waals surface area contributed by atoms with Crippen LogP contribution in [0.15, 0.2) is 29.0 Å². The van der Waals surface area contributed by atoms with Crippen molar-refractivity contribution < 1.29 is 4.42 Å². The van der Waals surface area contributed by atoms with Crippen LogP contribution in [-0.4, -0.2) is 24.0 Å². The van der Waals surface area contributed by atoms with Crippen molar-refractivity contribution in [1.29, 1.82) is 0 Å². The summed E-state index contributed by atoms with van der Waals surface area (Å²) in [5.41, 5.74) is 0.884. The SMILES string of the molecule is CCN(CCCCl)c1nccc2occc12. The first-order valence-electron chi connectivity index (χ1n) is 5.50. The maximum Gasteiger partial charge on any atom is 0.139 e. The van der Waals surface area contributed by atoms with Crippen LogP contribution in [0.2, 0.25) is 0 Å². The Bertz CT molecular complexity index is 455. The van der Waals surface area contributed by atoms with Gasteiger partial charge in [-0.2, -0.15) is 0 Å². The standard InChI is InChI=1S/C12H15ClN2O/c1-2-15(8-3-6-13)12-10-5-9-16-11(10)4-7-14-12/h4-5,7,9H,2-3,6,8H2,1H3. The second-order valence-corrected chi connectivity index (χ2v) is 3.97. The maximum absolute atomic E-state index is 5.72. The van der Waals surface area contributed by atoms with E-state index in [0.29, 0.717) is 5.88 Å². The lowest BCUT2D eigenvalue weighted by Gasteiger charge is -2.21. The molecule has 0 amide bonds. The number of anilines is 1. The van der Waals surface area contributed by atoms with Crippen molar-refractivity contribution >= 4 is 28.4 Å². The fourth-order valence-corrected chi connectivity index (χ4v) is 1.92. The number of halogens is 1. The zero-order chi connectivity index (χ0) is 11.4. The monoisotopic (exact) mass is 238 g/mol. The van der Waals surface area contributed by atoms with Gasteiger partial charge in [0, 0.05) is 25.2 Å². The Morgan fingerprint density at radius 2 is 2.31 bits per heavy atom. The maximum atomic E-state index is 5.72.